The van der Waals surface area contributed by atoms with E-state index < -0.39 is 162 Å². The van der Waals surface area contributed by atoms with Crippen LogP contribution in [0.4, 0.5) is 0 Å². The summed E-state index contributed by atoms with van der Waals surface area (Å²) in [5.41, 5.74) is -1.43. The molecule has 3 amide bonds. The summed E-state index contributed by atoms with van der Waals surface area (Å²) in [5.74, 6) is -5.78. The van der Waals surface area contributed by atoms with Crippen LogP contribution in [0, 0.1) is 69.5 Å². The molecule has 3 saturated carbocycles. The number of carbonyl (C=O) groups excluding carboxylic acids is 9. The molecule has 126 heavy (non-hydrogen) atoms. The molecule has 6 aliphatic heterocycles. The minimum atomic E-state index is -2.63. The molecule has 3 radical (unpaired) electrons. The first kappa shape index (κ1) is 83.7. The Kier molecular flexibility index (Phi) is 28.4. The van der Waals surface area contributed by atoms with E-state index in [0.717, 1.165) is 12.8 Å². The van der Waals surface area contributed by atoms with E-state index in [0.29, 0.717) is 108 Å². The number of esters is 3. The SMILES string of the molecule is [2H]C1([2H])CCC[C@@H]2CCC[C@H]2OC(=O)C[C@@H](C(C)(C)C)C(=O)N2C[C@H](Oc3nc4cc(OC)ccc4nc3C1([2H])[2H])[C@@H](C)[C@H]2[C-]=O.[2H]C1([2H])CCC[C@@H]2C[C@@]2(C)OC(=O)C[C@@H](C(C)(C)C)C(=O)N2C[C@H](Oc3nc4cc(OC)ccc4nc3C1([2H])[2H])[C@@H](C)[C@H]2[C-]=O.[2H]C1([2H])CCC[C@@H]2C[C@H]2OC(=O)C[C@@H](C(C)(C)C)C(=O)N2C[C@H](Oc3nc4cc(OC)ccc4nc3C1([2H])[2H])[C@@H](C)[C@H]2[C-]=O.[V].[V].[V]. The van der Waals surface area contributed by atoms with Crippen LogP contribution in [0.25, 0.3) is 33.1 Å². The monoisotopic (exact) mass is 1860 g/mol. The molecule has 15 rings (SSSR count). The van der Waals surface area contributed by atoms with Gasteiger partial charge in [0.05, 0.1) is 111 Å². The molecule has 0 N–H and O–H groups in total. The number of aryl methyl sites for hydroxylation is 3. The second-order valence-electron chi connectivity index (χ2n) is 37.8. The smallest absolute Gasteiger partial charge is 0.307 e. The first-order valence-corrected chi connectivity index (χ1v) is 43.3. The summed E-state index contributed by atoms with van der Waals surface area (Å²) in [6.07, 6.45) is -6.52. The third-order valence-electron chi connectivity index (χ3n) is 26.0. The zero-order chi connectivity index (χ0) is 98.9. The minimum Gasteiger partial charge on any atom is -0.540 e. The van der Waals surface area contributed by atoms with Gasteiger partial charge in [-0.05, 0) is 179 Å². The van der Waals surface area contributed by atoms with Gasteiger partial charge in [-0.25, -0.2) is 48.8 Å². The first-order chi connectivity index (χ1) is 63.0. The van der Waals surface area contributed by atoms with E-state index in [2.05, 4.69) is 29.9 Å². The second kappa shape index (κ2) is 42.7. The molecule has 30 heteroatoms. The quantitative estimate of drug-likeness (QED) is 0.0849. The van der Waals surface area contributed by atoms with Crippen molar-refractivity contribution in [2.45, 2.75) is 292 Å². The Hall–Kier alpha value is -7.94. The fourth-order valence-electron chi connectivity index (χ4n) is 17.9. The van der Waals surface area contributed by atoms with Crippen LogP contribution in [-0.4, -0.2) is 194 Å². The van der Waals surface area contributed by atoms with Crippen LogP contribution in [0.15, 0.2) is 54.6 Å². The van der Waals surface area contributed by atoms with Crippen LogP contribution in [0.2, 0.25) is 0 Å². The summed E-state index contributed by atoms with van der Waals surface area (Å²) >= 11 is 0. The number of nitrogens with zero attached hydrogens (tertiary/aromatic N) is 9. The number of methoxy groups -OCH3 is 3. The summed E-state index contributed by atoms with van der Waals surface area (Å²) in [5, 5.41) is 0. The number of benzene rings is 3. The third-order valence-corrected chi connectivity index (χ3v) is 26.0. The van der Waals surface area contributed by atoms with Crippen molar-refractivity contribution in [3.8, 4) is 34.9 Å². The first-order valence-electron chi connectivity index (χ1n) is 49.3. The summed E-state index contributed by atoms with van der Waals surface area (Å²) in [6, 6.07) is 11.8. The van der Waals surface area contributed by atoms with Gasteiger partial charge in [-0.1, -0.05) is 140 Å². The van der Waals surface area contributed by atoms with Crippen LogP contribution < -0.4 is 28.4 Å². The van der Waals surface area contributed by atoms with E-state index in [9.17, 15) is 43.2 Å². The van der Waals surface area contributed by atoms with Crippen molar-refractivity contribution in [1.29, 1.82) is 0 Å². The molecule has 27 nitrogen and oxygen atoms in total. The fraction of sp³-hybridized carbons (Fsp3) is 0.656. The van der Waals surface area contributed by atoms with Crippen molar-refractivity contribution in [3.05, 3.63) is 71.7 Å². The Bertz CT molecular complexity index is 5490. The molecule has 9 aliphatic rings. The summed E-state index contributed by atoms with van der Waals surface area (Å²) in [4.78, 5) is 150. The molecule has 18 atom stereocenters. The zero-order valence-electron chi connectivity index (χ0n) is 86.9. The van der Waals surface area contributed by atoms with Gasteiger partial charge in [0.2, 0.25) is 35.4 Å². The Morgan fingerprint density at radius 1 is 0.413 bits per heavy atom. The minimum absolute atomic E-state index is 0. The number of amides is 3. The summed E-state index contributed by atoms with van der Waals surface area (Å²) < 4.78 is 160. The van der Waals surface area contributed by atoms with Crippen LogP contribution >= 0.6 is 0 Å². The van der Waals surface area contributed by atoms with Crippen molar-refractivity contribution in [2.24, 2.45) is 69.5 Å². The van der Waals surface area contributed by atoms with E-state index in [1.807, 2.05) is 88.1 Å². The maximum absolute atomic E-state index is 14.1. The van der Waals surface area contributed by atoms with Gasteiger partial charge >= 0.3 is 17.9 Å². The predicted molar refractivity (Wildman–Crippen MR) is 460 cm³/mol. The molecule has 3 saturated heterocycles. The van der Waals surface area contributed by atoms with Gasteiger partial charge in [-0.2, -0.15) is 0 Å². The van der Waals surface area contributed by atoms with E-state index in [1.54, 1.807) is 75.4 Å². The average molecular weight is 1860 g/mol. The van der Waals surface area contributed by atoms with E-state index in [1.165, 1.54) is 36.0 Å². The zero-order valence-corrected chi connectivity index (χ0v) is 79.1. The number of fused-ring (bicyclic) bond motifs is 15. The molecule has 3 aliphatic carbocycles. The van der Waals surface area contributed by atoms with Gasteiger partial charge in [0.25, 0.3) is 0 Å². The third kappa shape index (κ3) is 23.6. The molecule has 3 aromatic carbocycles. The Morgan fingerprint density at radius 2 is 0.746 bits per heavy atom. The molecular formula is C96H126N9O18V3-3. The number of aromatic nitrogens is 6. The van der Waals surface area contributed by atoms with Crippen LogP contribution in [0.5, 0.6) is 34.9 Å². The standard InChI is InChI=1S/C33H44N3O6.C32H42N3O6.C31H40N3O6.3V/c1-20-27(19-37)36-18-29(20)42-31-25(34-24-15-14-22(40-5)16-26(24)35-31)12-8-6-7-10-21-11-9-13-28(21)41-30(38)17-23(32(36)39)33(2,3)4;1-19-26(18-36)35-17-27(19)40-29-24(33-23-13-12-21(39-6)14-25(23)34-29)11-9-7-8-10-20-16-32(20,5)41-28(37)15-22(30(35)38)31(2,3)4;1-18-25(17-35)34-16-27(18)40-29-23(32-22-12-11-20(38-5)14-24(22)33-29)10-8-6-7-9-19-13-26(19)39-28(36)15-21(30(34)37)31(2,3)4;;;/h14-16,20-21,23,27-29H,6-13,17-18H2,1-5H3;12-14,19-20,22,26-27H,7-11,15-17H2,1-6H3;11-12,14,18-19,21,25-27H,6-10,13,15-16H2,1-5H3;;;/q3*-1;;;/t20-,21+,23+,27+,28+,29-;19-,20+,22+,26+,27-,32+;18-,19+,21+,25+,26+,27-;;;/m000.../s1/i8D2,12D2;9D2,11D2;8D2,10D2;;;. The molecule has 681 valence electrons. The van der Waals surface area contributed by atoms with Crippen LogP contribution in [0.1, 0.15) is 252 Å². The molecule has 3 aromatic heterocycles. The summed E-state index contributed by atoms with van der Waals surface area (Å²) in [7, 11) is 4.51. The van der Waals surface area contributed by atoms with Gasteiger partial charge in [0, 0.05) is 96.2 Å². The van der Waals surface area contributed by atoms with Crippen molar-refractivity contribution in [1.82, 2.24) is 44.6 Å². The number of hydrogen-bond acceptors (Lipinski definition) is 24. The van der Waals surface area contributed by atoms with Gasteiger partial charge in [-0.15, -0.1) is 0 Å². The van der Waals surface area contributed by atoms with Crippen LogP contribution in [-0.2, 0) is 132 Å². The van der Waals surface area contributed by atoms with Crippen molar-refractivity contribution >= 4 is 87.6 Å². The molecule has 6 bridgehead atoms. The Labute approximate surface area is 794 Å². The van der Waals surface area contributed by atoms with Gasteiger partial charge in [-0.3, -0.25) is 28.8 Å². The molecular weight excluding hydrogens is 1720 g/mol. The maximum Gasteiger partial charge on any atom is 0.307 e. The van der Waals surface area contributed by atoms with Crippen LogP contribution in [0.3, 0.4) is 0 Å². The number of carbonyl (C=O) groups is 6. The topological polar surface area (TPSA) is 324 Å². The normalized spacial score (nSPS) is 33.3. The molecule has 0 unspecified atom stereocenters. The fourth-order valence-corrected chi connectivity index (χ4v) is 17.9. The van der Waals surface area contributed by atoms with Gasteiger partial charge in [0.15, 0.2) is 0 Å². The van der Waals surface area contributed by atoms with E-state index in [-0.39, 0.29) is 184 Å². The predicted octanol–water partition coefficient (Wildman–Crippen LogP) is 14.5. The van der Waals surface area contributed by atoms with E-state index >= 15 is 0 Å². The average Bonchev–Trinajstić information content (AvgIpc) is 1.40. The van der Waals surface area contributed by atoms with Crippen molar-refractivity contribution < 1.29 is 158 Å². The van der Waals surface area contributed by atoms with Gasteiger partial charge < -0.3 is 71.7 Å². The van der Waals surface area contributed by atoms with Gasteiger partial charge in [0.1, 0.15) is 70.5 Å². The Morgan fingerprint density at radius 3 is 1.10 bits per heavy atom. The number of ether oxygens (including phenoxy) is 9. The van der Waals surface area contributed by atoms with E-state index in [4.69, 9.17) is 59.1 Å². The van der Waals surface area contributed by atoms with Crippen molar-refractivity contribution in [2.75, 3.05) is 41.0 Å². The molecule has 9 heterocycles. The number of rotatable bonds is 6. The molecule has 6 aromatic rings. The maximum atomic E-state index is 14.1. The number of hydrogen-bond donors (Lipinski definition) is 0. The summed E-state index contributed by atoms with van der Waals surface area (Å²) in [6.45, 7) is 23.7. The molecule has 6 fully saturated rings. The largest absolute Gasteiger partial charge is 0.540 e. The Balaban J connectivity index is 0.000000211. The molecule has 0 spiro atoms. The van der Waals surface area contributed by atoms with Crippen molar-refractivity contribution in [3.63, 3.8) is 0 Å². The second-order valence-corrected chi connectivity index (χ2v) is 37.8.